The van der Waals surface area contributed by atoms with E-state index in [2.05, 4.69) is 16.5 Å². The molecule has 0 aromatic carbocycles. The lowest BCUT2D eigenvalue weighted by atomic mass is 10.0. The molecule has 1 aliphatic rings. The second-order valence-corrected chi connectivity index (χ2v) is 4.51. The molecular formula is C14H22N4O. The number of nitrogens with one attached hydrogen (secondary N) is 1. The van der Waals surface area contributed by atoms with Gasteiger partial charge in [0.05, 0.1) is 24.2 Å². The fourth-order valence-corrected chi connectivity index (χ4v) is 2.00. The zero-order valence-corrected chi connectivity index (χ0v) is 11.6. The molecule has 0 amide bonds. The van der Waals surface area contributed by atoms with Crippen LogP contribution in [0.5, 0.6) is 0 Å². The van der Waals surface area contributed by atoms with E-state index in [0.717, 1.165) is 29.8 Å². The molecule has 1 saturated heterocycles. The Hall–Kier alpha value is -1.88. The summed E-state index contributed by atoms with van der Waals surface area (Å²) in [7, 11) is 0. The Morgan fingerprint density at radius 1 is 1.63 bits per heavy atom. The summed E-state index contributed by atoms with van der Waals surface area (Å²) >= 11 is 0. The second kappa shape index (κ2) is 6.89. The molecule has 19 heavy (non-hydrogen) atoms. The van der Waals surface area contributed by atoms with Crippen LogP contribution in [-0.4, -0.2) is 41.6 Å². The van der Waals surface area contributed by atoms with Crippen molar-refractivity contribution in [2.45, 2.75) is 20.3 Å². The van der Waals surface area contributed by atoms with Crippen molar-refractivity contribution in [3.8, 4) is 0 Å². The van der Waals surface area contributed by atoms with E-state index < -0.39 is 0 Å². The van der Waals surface area contributed by atoms with E-state index in [-0.39, 0.29) is 5.88 Å². The highest BCUT2D eigenvalue weighted by Crippen LogP contribution is 2.18. The molecule has 1 fully saturated rings. The largest absolute Gasteiger partial charge is 0.494 e. The number of hydrogen-bond acceptors (Lipinski definition) is 5. The van der Waals surface area contributed by atoms with Crippen molar-refractivity contribution in [1.82, 2.24) is 4.90 Å². The molecule has 0 bridgehead atoms. The molecule has 5 nitrogen and oxygen atoms in total. The molecule has 4 N–H and O–H groups in total. The van der Waals surface area contributed by atoms with Gasteiger partial charge in [0.2, 0.25) is 5.88 Å². The molecule has 0 radical (unpaired) electrons. The Morgan fingerprint density at radius 2 is 2.32 bits per heavy atom. The average Bonchev–Trinajstić information content (AvgIpc) is 2.38. The van der Waals surface area contributed by atoms with E-state index in [1.54, 1.807) is 6.21 Å². The van der Waals surface area contributed by atoms with E-state index in [0.29, 0.717) is 18.8 Å². The summed E-state index contributed by atoms with van der Waals surface area (Å²) in [6, 6.07) is 0. The number of aliphatic hydroxyl groups is 1. The van der Waals surface area contributed by atoms with Gasteiger partial charge in [-0.3, -0.25) is 0 Å². The molecule has 0 aromatic heterocycles. The van der Waals surface area contributed by atoms with Gasteiger partial charge in [-0.25, -0.2) is 4.99 Å². The van der Waals surface area contributed by atoms with Gasteiger partial charge in [-0.15, -0.1) is 0 Å². The highest BCUT2D eigenvalue weighted by Gasteiger charge is 2.20. The second-order valence-electron chi connectivity index (χ2n) is 4.51. The third kappa shape index (κ3) is 4.06. The Bertz CT molecular complexity index is 460. The highest BCUT2D eigenvalue weighted by atomic mass is 16.3. The first kappa shape index (κ1) is 15.2. The maximum atomic E-state index is 9.07. The van der Waals surface area contributed by atoms with Crippen LogP contribution in [0.1, 0.15) is 20.3 Å². The molecule has 0 aromatic rings. The van der Waals surface area contributed by atoms with Crippen LogP contribution in [-0.2, 0) is 0 Å². The number of hydrogen-bond donors (Lipinski definition) is 3. The normalized spacial score (nSPS) is 20.1. The molecule has 0 aliphatic carbocycles. The van der Waals surface area contributed by atoms with E-state index in [9.17, 15) is 0 Å². The Morgan fingerprint density at radius 3 is 2.79 bits per heavy atom. The molecule has 1 aliphatic heterocycles. The number of aliphatic hydroxyl groups excluding tert-OH is 1. The minimum absolute atomic E-state index is 0.233. The molecular weight excluding hydrogens is 240 g/mol. The number of piperidine rings is 1. The van der Waals surface area contributed by atoms with Crippen LogP contribution >= 0.6 is 0 Å². The van der Waals surface area contributed by atoms with Crippen LogP contribution in [0.4, 0.5) is 0 Å². The van der Waals surface area contributed by atoms with Gasteiger partial charge >= 0.3 is 0 Å². The zero-order chi connectivity index (χ0) is 14.4. The van der Waals surface area contributed by atoms with Gasteiger partial charge in [0.15, 0.2) is 0 Å². The lowest BCUT2D eigenvalue weighted by molar-refractivity contribution is 0.393. The molecule has 0 atom stereocenters. The lowest BCUT2D eigenvalue weighted by Gasteiger charge is -2.32. The van der Waals surface area contributed by atoms with Crippen molar-refractivity contribution < 1.29 is 5.11 Å². The van der Waals surface area contributed by atoms with Gasteiger partial charge in [-0.05, 0) is 38.0 Å². The van der Waals surface area contributed by atoms with Crippen LogP contribution in [0.25, 0.3) is 0 Å². The molecule has 1 rings (SSSR count). The van der Waals surface area contributed by atoms with Gasteiger partial charge < -0.3 is 21.1 Å². The number of allylic oxidation sites excluding steroid dienone is 2. The summed E-state index contributed by atoms with van der Waals surface area (Å²) in [5.74, 6) is -0.233. The fourth-order valence-electron chi connectivity index (χ4n) is 2.00. The maximum Gasteiger partial charge on any atom is 0.203 e. The standard InChI is InChI=1S/C14H22N4O/c1-4-12-5-6-18(9-13(12)16)14(10(2)7-15)8-17-11(3)19/h4,8,16,19H,3,5-7,9,15H2,1-2H3/b12-4-,14-10+,16-13?,17-8-. The summed E-state index contributed by atoms with van der Waals surface area (Å²) in [5.41, 5.74) is 9.22. The molecule has 0 spiro atoms. The van der Waals surface area contributed by atoms with Crippen molar-refractivity contribution >= 4 is 11.9 Å². The zero-order valence-electron chi connectivity index (χ0n) is 11.6. The average molecular weight is 262 g/mol. The van der Waals surface area contributed by atoms with Crippen molar-refractivity contribution in [1.29, 1.82) is 5.41 Å². The van der Waals surface area contributed by atoms with Gasteiger partial charge in [0, 0.05) is 13.1 Å². The fraction of sp³-hybridized carbons (Fsp3) is 0.429. The summed E-state index contributed by atoms with van der Waals surface area (Å²) in [6.45, 7) is 8.99. The topological polar surface area (TPSA) is 85.7 Å². The summed E-state index contributed by atoms with van der Waals surface area (Å²) in [6.07, 6.45) is 4.39. The third-order valence-electron chi connectivity index (χ3n) is 3.16. The predicted molar refractivity (Wildman–Crippen MR) is 79.7 cm³/mol. The van der Waals surface area contributed by atoms with E-state index >= 15 is 0 Å². The smallest absolute Gasteiger partial charge is 0.203 e. The van der Waals surface area contributed by atoms with Crippen molar-refractivity contribution in [3.05, 3.63) is 35.4 Å². The predicted octanol–water partition coefficient (Wildman–Crippen LogP) is 1.99. The van der Waals surface area contributed by atoms with E-state index in [4.69, 9.17) is 16.2 Å². The van der Waals surface area contributed by atoms with Gasteiger partial charge in [-0.1, -0.05) is 6.08 Å². The number of nitrogens with two attached hydrogens (primary N) is 1. The minimum atomic E-state index is -0.233. The van der Waals surface area contributed by atoms with Crippen LogP contribution < -0.4 is 5.73 Å². The van der Waals surface area contributed by atoms with Crippen molar-refractivity contribution in [3.63, 3.8) is 0 Å². The molecule has 0 saturated carbocycles. The first-order valence-electron chi connectivity index (χ1n) is 6.29. The Kier molecular flexibility index (Phi) is 5.51. The Balaban J connectivity index is 2.96. The lowest BCUT2D eigenvalue weighted by Crippen LogP contribution is -2.37. The first-order valence-corrected chi connectivity index (χ1v) is 6.29. The van der Waals surface area contributed by atoms with E-state index in [1.807, 2.05) is 19.9 Å². The number of likely N-dealkylation sites (tertiary alicyclic amines) is 1. The van der Waals surface area contributed by atoms with E-state index in [1.165, 1.54) is 0 Å². The number of nitrogens with zero attached hydrogens (tertiary/aromatic N) is 2. The molecule has 5 heteroatoms. The van der Waals surface area contributed by atoms with Crippen LogP contribution in [0.15, 0.2) is 40.4 Å². The highest BCUT2D eigenvalue weighted by molar-refractivity contribution is 6.00. The van der Waals surface area contributed by atoms with Crippen LogP contribution in [0.2, 0.25) is 0 Å². The summed E-state index contributed by atoms with van der Waals surface area (Å²) in [4.78, 5) is 5.89. The van der Waals surface area contributed by atoms with Crippen LogP contribution in [0, 0.1) is 5.41 Å². The van der Waals surface area contributed by atoms with Crippen molar-refractivity contribution in [2.75, 3.05) is 19.6 Å². The maximum absolute atomic E-state index is 9.07. The van der Waals surface area contributed by atoms with Crippen LogP contribution in [0.3, 0.4) is 0 Å². The molecule has 1 heterocycles. The van der Waals surface area contributed by atoms with Crippen molar-refractivity contribution in [2.24, 2.45) is 10.7 Å². The molecule has 0 unspecified atom stereocenters. The van der Waals surface area contributed by atoms with Gasteiger partial charge in [0.1, 0.15) is 0 Å². The van der Waals surface area contributed by atoms with Gasteiger partial charge in [0.25, 0.3) is 0 Å². The monoisotopic (exact) mass is 262 g/mol. The summed E-state index contributed by atoms with van der Waals surface area (Å²) in [5, 5.41) is 17.1. The summed E-state index contributed by atoms with van der Waals surface area (Å²) < 4.78 is 0. The van der Waals surface area contributed by atoms with Gasteiger partial charge in [-0.2, -0.15) is 0 Å². The SMILES string of the molecule is C=C(O)/N=C\C(=C(\C)CN)N1CC/C(=C/C)C(=N)C1. The quantitative estimate of drug-likeness (QED) is 0.535. The minimum Gasteiger partial charge on any atom is -0.494 e. The first-order chi connectivity index (χ1) is 8.99. The number of aliphatic imine (C=N–C) groups is 1. The Labute approximate surface area is 114 Å². The number of rotatable bonds is 4. The molecule has 104 valence electrons. The third-order valence-corrected chi connectivity index (χ3v) is 3.16.